The first-order chi connectivity index (χ1) is 9.51. The van der Waals surface area contributed by atoms with Gasteiger partial charge in [0.1, 0.15) is 9.39 Å². The van der Waals surface area contributed by atoms with E-state index in [0.29, 0.717) is 28.1 Å². The lowest BCUT2D eigenvalue weighted by molar-refractivity contribution is 0.180. The molecule has 2 aromatic rings. The summed E-state index contributed by atoms with van der Waals surface area (Å²) in [6.07, 6.45) is 0.615. The number of aryl methyl sites for hydroxylation is 2. The third-order valence-corrected chi connectivity index (χ3v) is 4.32. The van der Waals surface area contributed by atoms with E-state index in [4.69, 9.17) is 4.74 Å². The van der Waals surface area contributed by atoms with Gasteiger partial charge in [-0.2, -0.15) is 0 Å². The molecule has 2 rings (SSSR count). The number of nitrogens with zero attached hydrogens (tertiary/aromatic N) is 1. The topological polar surface area (TPSA) is 55.0 Å². The molecule has 1 aromatic carbocycles. The Labute approximate surface area is 131 Å². The first-order valence-corrected chi connectivity index (χ1v) is 7.41. The number of benzene rings is 1. The zero-order valence-electron chi connectivity index (χ0n) is 11.8. The Morgan fingerprint density at radius 3 is 2.70 bits per heavy atom. The minimum Gasteiger partial charge on any atom is -0.378 e. The van der Waals surface area contributed by atoms with Crippen LogP contribution in [-0.2, 0) is 17.8 Å². The molecular weight excluding hydrogens is 367 g/mol. The second kappa shape index (κ2) is 6.49. The van der Waals surface area contributed by atoms with Crippen molar-refractivity contribution in [1.29, 1.82) is 0 Å². The van der Waals surface area contributed by atoms with Gasteiger partial charge in [0.15, 0.2) is 0 Å². The molecule has 0 bridgehead atoms. The van der Waals surface area contributed by atoms with Crippen molar-refractivity contribution in [3.63, 3.8) is 0 Å². The average molecular weight is 384 g/mol. The second-order valence-corrected chi connectivity index (χ2v) is 5.88. The first kappa shape index (κ1) is 15.2. The molecule has 4 nitrogen and oxygen atoms in total. The van der Waals surface area contributed by atoms with Crippen LogP contribution in [0.1, 0.15) is 28.2 Å². The highest BCUT2D eigenvalue weighted by Gasteiger charge is 2.09. The van der Waals surface area contributed by atoms with Crippen molar-refractivity contribution >= 4 is 22.6 Å². The molecule has 0 saturated carbocycles. The fraction of sp³-hybridized carbons (Fsp3) is 0.333. The van der Waals surface area contributed by atoms with Crippen molar-refractivity contribution in [2.75, 3.05) is 7.11 Å². The molecule has 1 aromatic heterocycles. The summed E-state index contributed by atoms with van der Waals surface area (Å²) in [6, 6.07) is 6.28. The molecular formula is C15H17IN2O2. The third kappa shape index (κ3) is 3.46. The molecule has 0 spiro atoms. The van der Waals surface area contributed by atoms with Gasteiger partial charge in [-0.1, -0.05) is 18.2 Å². The van der Waals surface area contributed by atoms with Gasteiger partial charge < -0.3 is 9.72 Å². The monoisotopic (exact) mass is 384 g/mol. The van der Waals surface area contributed by atoms with E-state index in [1.807, 2.05) is 22.6 Å². The summed E-state index contributed by atoms with van der Waals surface area (Å²) in [7, 11) is 1.60. The van der Waals surface area contributed by atoms with E-state index in [1.165, 1.54) is 11.1 Å². The standard InChI is InChI=1S/C15H17IN2O2/c1-9-4-5-11(6-10(9)2)7-13-17-12(8-20-3)14(16)15(19)18-13/h4-6H,7-8H2,1-3H3,(H,17,18,19). The van der Waals surface area contributed by atoms with Crippen LogP contribution in [0.15, 0.2) is 23.0 Å². The minimum absolute atomic E-state index is 0.105. The molecule has 0 amide bonds. The van der Waals surface area contributed by atoms with Gasteiger partial charge in [-0.3, -0.25) is 4.79 Å². The van der Waals surface area contributed by atoms with Crippen molar-refractivity contribution in [1.82, 2.24) is 9.97 Å². The highest BCUT2D eigenvalue weighted by atomic mass is 127. The van der Waals surface area contributed by atoms with Crippen LogP contribution in [0.3, 0.4) is 0 Å². The molecule has 106 valence electrons. The summed E-state index contributed by atoms with van der Waals surface area (Å²) < 4.78 is 5.67. The Kier molecular flexibility index (Phi) is 4.93. The van der Waals surface area contributed by atoms with Crippen LogP contribution >= 0.6 is 22.6 Å². The smallest absolute Gasteiger partial charge is 0.264 e. The van der Waals surface area contributed by atoms with E-state index in [-0.39, 0.29) is 5.56 Å². The van der Waals surface area contributed by atoms with Crippen molar-refractivity contribution in [3.05, 3.63) is 60.3 Å². The van der Waals surface area contributed by atoms with Crippen LogP contribution < -0.4 is 5.56 Å². The lowest BCUT2D eigenvalue weighted by Gasteiger charge is -2.08. The minimum atomic E-state index is -0.105. The summed E-state index contributed by atoms with van der Waals surface area (Å²) in [4.78, 5) is 19.2. The summed E-state index contributed by atoms with van der Waals surface area (Å²) in [5, 5.41) is 0. The van der Waals surface area contributed by atoms with Gasteiger partial charge in [-0.25, -0.2) is 4.98 Å². The van der Waals surface area contributed by atoms with Gasteiger partial charge in [0.2, 0.25) is 0 Å². The van der Waals surface area contributed by atoms with Gasteiger partial charge in [0.25, 0.3) is 5.56 Å². The van der Waals surface area contributed by atoms with E-state index in [9.17, 15) is 4.79 Å². The maximum atomic E-state index is 11.9. The molecule has 20 heavy (non-hydrogen) atoms. The number of H-pyrrole nitrogens is 1. The SMILES string of the molecule is COCc1nc(Cc2ccc(C)c(C)c2)[nH]c(=O)c1I. The van der Waals surface area contributed by atoms with Crippen molar-refractivity contribution in [2.24, 2.45) is 0 Å². The normalized spacial score (nSPS) is 10.8. The molecule has 0 unspecified atom stereocenters. The van der Waals surface area contributed by atoms with Crippen LogP contribution in [0.4, 0.5) is 0 Å². The number of hydrogen-bond acceptors (Lipinski definition) is 3. The van der Waals surface area contributed by atoms with E-state index < -0.39 is 0 Å². The molecule has 1 heterocycles. The highest BCUT2D eigenvalue weighted by Crippen LogP contribution is 2.13. The van der Waals surface area contributed by atoms with Crippen molar-refractivity contribution in [2.45, 2.75) is 26.9 Å². The summed E-state index contributed by atoms with van der Waals surface area (Å²) >= 11 is 2.00. The van der Waals surface area contributed by atoms with Crippen molar-refractivity contribution < 1.29 is 4.74 Å². The largest absolute Gasteiger partial charge is 0.378 e. The molecule has 0 aliphatic rings. The number of rotatable bonds is 4. The molecule has 0 aliphatic carbocycles. The second-order valence-electron chi connectivity index (χ2n) is 4.80. The molecule has 5 heteroatoms. The van der Waals surface area contributed by atoms with Crippen LogP contribution in [0.25, 0.3) is 0 Å². The number of halogens is 1. The van der Waals surface area contributed by atoms with Gasteiger partial charge in [0.05, 0.1) is 12.3 Å². The van der Waals surface area contributed by atoms with Gasteiger partial charge in [0, 0.05) is 13.5 Å². The Morgan fingerprint density at radius 2 is 2.05 bits per heavy atom. The fourth-order valence-electron chi connectivity index (χ4n) is 1.98. The van der Waals surface area contributed by atoms with Gasteiger partial charge in [-0.05, 0) is 53.1 Å². The number of aromatic nitrogens is 2. The molecule has 0 radical (unpaired) electrons. The maximum Gasteiger partial charge on any atom is 0.264 e. The number of ether oxygens (including phenoxy) is 1. The summed E-state index contributed by atoms with van der Waals surface area (Å²) in [5.41, 5.74) is 4.23. The average Bonchev–Trinajstić information content (AvgIpc) is 2.40. The van der Waals surface area contributed by atoms with Crippen molar-refractivity contribution in [3.8, 4) is 0 Å². The maximum absolute atomic E-state index is 11.9. The predicted octanol–water partition coefficient (Wildman–Crippen LogP) is 2.73. The summed E-state index contributed by atoms with van der Waals surface area (Å²) in [5.74, 6) is 0.672. The molecule has 0 atom stereocenters. The lowest BCUT2D eigenvalue weighted by Crippen LogP contribution is -2.18. The van der Waals surface area contributed by atoms with Gasteiger partial charge in [-0.15, -0.1) is 0 Å². The lowest BCUT2D eigenvalue weighted by atomic mass is 10.0. The van der Waals surface area contributed by atoms with Crippen LogP contribution in [0.5, 0.6) is 0 Å². The Bertz CT molecular complexity index is 680. The van der Waals surface area contributed by atoms with E-state index in [1.54, 1.807) is 7.11 Å². The first-order valence-electron chi connectivity index (χ1n) is 6.34. The predicted molar refractivity (Wildman–Crippen MR) is 87.0 cm³/mol. The fourth-order valence-corrected chi connectivity index (χ4v) is 2.39. The van der Waals surface area contributed by atoms with Crippen LogP contribution in [0.2, 0.25) is 0 Å². The Morgan fingerprint density at radius 1 is 1.30 bits per heavy atom. The summed E-state index contributed by atoms with van der Waals surface area (Å²) in [6.45, 7) is 4.52. The number of hydrogen-bond donors (Lipinski definition) is 1. The van der Waals surface area contributed by atoms with Gasteiger partial charge >= 0.3 is 0 Å². The third-order valence-electron chi connectivity index (χ3n) is 3.20. The quantitative estimate of drug-likeness (QED) is 0.825. The molecule has 0 fully saturated rings. The molecule has 0 saturated heterocycles. The van der Waals surface area contributed by atoms with E-state index >= 15 is 0 Å². The molecule has 1 N–H and O–H groups in total. The number of nitrogens with one attached hydrogen (secondary N) is 1. The van der Waals surface area contributed by atoms with E-state index in [2.05, 4.69) is 42.0 Å². The zero-order valence-corrected chi connectivity index (χ0v) is 13.9. The zero-order chi connectivity index (χ0) is 14.7. The Hall–Kier alpha value is -1.21. The van der Waals surface area contributed by atoms with E-state index in [0.717, 1.165) is 5.56 Å². The molecule has 0 aliphatic heterocycles. The van der Waals surface area contributed by atoms with Crippen LogP contribution in [-0.4, -0.2) is 17.1 Å². The highest BCUT2D eigenvalue weighted by molar-refractivity contribution is 14.1. The number of methoxy groups -OCH3 is 1. The number of aromatic amines is 1. The van der Waals surface area contributed by atoms with Crippen LogP contribution in [0, 0.1) is 17.4 Å². The Balaban J connectivity index is 2.33.